The molecule has 162 valence electrons. The van der Waals surface area contributed by atoms with Gasteiger partial charge in [0.1, 0.15) is 11.4 Å². The van der Waals surface area contributed by atoms with Gasteiger partial charge in [-0.3, -0.25) is 15.5 Å². The van der Waals surface area contributed by atoms with E-state index in [2.05, 4.69) is 25.3 Å². The van der Waals surface area contributed by atoms with Crippen molar-refractivity contribution in [3.8, 4) is 0 Å². The molecular formula is C17H18F3N5O4S. The lowest BCUT2D eigenvalue weighted by atomic mass is 9.79. The molecule has 13 heteroatoms. The topological polar surface area (TPSA) is 133 Å². The van der Waals surface area contributed by atoms with Crippen molar-refractivity contribution in [3.05, 3.63) is 35.3 Å². The van der Waals surface area contributed by atoms with Crippen LogP contribution in [0.3, 0.4) is 0 Å². The summed E-state index contributed by atoms with van der Waals surface area (Å²) in [5, 5.41) is 29.5. The Kier molecular flexibility index (Phi) is 6.95. The first-order valence-corrected chi connectivity index (χ1v) is 9.85. The van der Waals surface area contributed by atoms with E-state index in [1.54, 1.807) is 5.48 Å². The van der Waals surface area contributed by atoms with Gasteiger partial charge in [0.05, 0.1) is 11.3 Å². The number of hydroxylamine groups is 1. The van der Waals surface area contributed by atoms with Gasteiger partial charge in [0.25, 0.3) is 12.3 Å². The van der Waals surface area contributed by atoms with Crippen LogP contribution < -0.4 is 10.8 Å². The third-order valence-electron chi connectivity index (χ3n) is 4.47. The summed E-state index contributed by atoms with van der Waals surface area (Å²) in [5.41, 5.74) is -0.389. The number of halogens is 3. The fraction of sp³-hybridized carbons (Fsp3) is 0.412. The number of nitrogens with zero attached hydrogens (tertiary/aromatic N) is 3. The largest absolute Gasteiger partial charge is 0.380 e. The first kappa shape index (κ1) is 22.1. The number of nitrogens with one attached hydrogen (secondary N) is 2. The number of thioether (sulfide) groups is 1. The normalized spacial score (nSPS) is 15.7. The Labute approximate surface area is 172 Å². The molecule has 1 aromatic carbocycles. The van der Waals surface area contributed by atoms with Gasteiger partial charge in [0.15, 0.2) is 16.6 Å². The second-order valence-electron chi connectivity index (χ2n) is 6.49. The Morgan fingerprint density at radius 3 is 2.77 bits per heavy atom. The van der Waals surface area contributed by atoms with Gasteiger partial charge in [-0.1, -0.05) is 11.8 Å². The quantitative estimate of drug-likeness (QED) is 0.160. The lowest BCUT2D eigenvalue weighted by Crippen LogP contribution is -2.52. The van der Waals surface area contributed by atoms with E-state index in [-0.39, 0.29) is 28.8 Å². The van der Waals surface area contributed by atoms with Crippen LogP contribution in [0, 0.1) is 5.82 Å². The number of carbonyl (C=O) groups is 1. The highest BCUT2D eigenvalue weighted by Crippen LogP contribution is 2.31. The van der Waals surface area contributed by atoms with Crippen molar-refractivity contribution in [2.24, 2.45) is 4.99 Å². The Hall–Kier alpha value is -2.64. The summed E-state index contributed by atoms with van der Waals surface area (Å²) in [6.07, 6.45) is -1.36. The maximum Gasteiger partial charge on any atom is 0.266 e. The summed E-state index contributed by atoms with van der Waals surface area (Å²) >= 11 is 1.12. The molecule has 0 unspecified atom stereocenters. The summed E-state index contributed by atoms with van der Waals surface area (Å²) in [6.45, 7) is 0.229. The van der Waals surface area contributed by atoms with Gasteiger partial charge in [0.2, 0.25) is 0 Å². The number of carbonyl (C=O) groups excluding carboxylic acids is 1. The van der Waals surface area contributed by atoms with Crippen molar-refractivity contribution in [3.63, 3.8) is 0 Å². The Bertz CT molecular complexity index is 936. The van der Waals surface area contributed by atoms with Crippen molar-refractivity contribution >= 4 is 29.2 Å². The summed E-state index contributed by atoms with van der Waals surface area (Å²) in [5.74, 6) is -1.42. The van der Waals surface area contributed by atoms with E-state index in [0.717, 1.165) is 36.4 Å². The van der Waals surface area contributed by atoms with Gasteiger partial charge in [-0.05, 0) is 47.8 Å². The first-order valence-electron chi connectivity index (χ1n) is 8.87. The molecule has 1 heterocycles. The highest BCUT2D eigenvalue weighted by molar-refractivity contribution is 7.99. The first-order chi connectivity index (χ1) is 14.3. The highest BCUT2D eigenvalue weighted by atomic mass is 32.2. The molecule has 1 fully saturated rings. The van der Waals surface area contributed by atoms with Gasteiger partial charge >= 0.3 is 0 Å². The number of amidine groups is 1. The Morgan fingerprint density at radius 1 is 1.37 bits per heavy atom. The molecule has 0 atom stereocenters. The van der Waals surface area contributed by atoms with E-state index in [4.69, 9.17) is 0 Å². The van der Waals surface area contributed by atoms with E-state index in [1.165, 1.54) is 0 Å². The van der Waals surface area contributed by atoms with Crippen LogP contribution in [0.25, 0.3) is 0 Å². The number of rotatable bonds is 8. The Morgan fingerprint density at radius 2 is 2.13 bits per heavy atom. The molecule has 1 saturated carbocycles. The maximum atomic E-state index is 13.4. The van der Waals surface area contributed by atoms with Crippen LogP contribution in [0.5, 0.6) is 0 Å². The highest BCUT2D eigenvalue weighted by Gasteiger charge is 2.41. The van der Waals surface area contributed by atoms with E-state index in [9.17, 15) is 28.3 Å². The minimum Gasteiger partial charge on any atom is -0.380 e. The van der Waals surface area contributed by atoms with E-state index in [0.29, 0.717) is 18.6 Å². The van der Waals surface area contributed by atoms with Gasteiger partial charge in [0, 0.05) is 12.3 Å². The van der Waals surface area contributed by atoms with Crippen LogP contribution in [0.15, 0.2) is 32.8 Å². The Balaban J connectivity index is 1.66. The predicted molar refractivity (Wildman–Crippen MR) is 99.3 cm³/mol. The fourth-order valence-electron chi connectivity index (χ4n) is 2.66. The van der Waals surface area contributed by atoms with Gasteiger partial charge in [-0.25, -0.2) is 22.8 Å². The van der Waals surface area contributed by atoms with Crippen molar-refractivity contribution in [1.82, 2.24) is 21.1 Å². The average molecular weight is 445 g/mol. The third kappa shape index (κ3) is 4.91. The number of aliphatic imine (C=N–C) groups is 1. The van der Waals surface area contributed by atoms with Gasteiger partial charge in [-0.2, -0.15) is 0 Å². The average Bonchev–Trinajstić information content (AvgIpc) is 3.16. The minimum absolute atomic E-state index is 0.00521. The lowest BCUT2D eigenvalue weighted by Gasteiger charge is -2.34. The number of aliphatic hydroxyl groups is 1. The van der Waals surface area contributed by atoms with Crippen LogP contribution in [-0.2, 0) is 4.79 Å². The fourth-order valence-corrected chi connectivity index (χ4v) is 3.42. The standard InChI is InChI=1S/C17H18F3N5O4S/c18-11-3-2-9(8-10(11)13(19)20)22-14(23-28)12-15(25-29-24-12)30-7-6-21-16(26)17(27)4-1-5-17/h2-3,8,13,27-28H,1,4-7H2,(H,21,26)(H,22,23). The van der Waals surface area contributed by atoms with Crippen LogP contribution in [0.4, 0.5) is 18.9 Å². The smallest absolute Gasteiger partial charge is 0.266 e. The SMILES string of the molecule is O=C(NCCSc1nonc1C(=Nc1ccc(F)c(C(F)F)c1)NO)C1(O)CCC1. The summed E-state index contributed by atoms with van der Waals surface area (Å²) < 4.78 is 43.8. The second-order valence-corrected chi connectivity index (χ2v) is 7.57. The number of amides is 1. The molecule has 0 radical (unpaired) electrons. The van der Waals surface area contributed by atoms with Gasteiger partial charge in [-0.15, -0.1) is 0 Å². The third-order valence-corrected chi connectivity index (χ3v) is 5.42. The maximum absolute atomic E-state index is 13.4. The zero-order valence-electron chi connectivity index (χ0n) is 15.4. The molecule has 0 aliphatic heterocycles. The molecule has 30 heavy (non-hydrogen) atoms. The molecule has 1 amide bonds. The van der Waals surface area contributed by atoms with Crippen molar-refractivity contribution in [1.29, 1.82) is 0 Å². The van der Waals surface area contributed by atoms with Crippen molar-refractivity contribution in [2.75, 3.05) is 12.3 Å². The van der Waals surface area contributed by atoms with Crippen LogP contribution in [-0.4, -0.2) is 50.3 Å². The zero-order valence-corrected chi connectivity index (χ0v) is 16.3. The van der Waals surface area contributed by atoms with Crippen molar-refractivity contribution in [2.45, 2.75) is 36.3 Å². The molecule has 1 aromatic heterocycles. The van der Waals surface area contributed by atoms with Crippen LogP contribution in [0.1, 0.15) is 36.9 Å². The van der Waals surface area contributed by atoms with Crippen molar-refractivity contribution < 1.29 is 32.9 Å². The molecule has 4 N–H and O–H groups in total. The number of hydrogen-bond donors (Lipinski definition) is 4. The summed E-state index contributed by atoms with van der Waals surface area (Å²) in [7, 11) is 0. The molecular weight excluding hydrogens is 427 g/mol. The van der Waals surface area contributed by atoms with E-state index in [1.807, 2.05) is 0 Å². The number of hydrogen-bond acceptors (Lipinski definition) is 8. The summed E-state index contributed by atoms with van der Waals surface area (Å²) in [4.78, 5) is 15.8. The molecule has 1 aliphatic carbocycles. The predicted octanol–water partition coefficient (Wildman–Crippen LogP) is 2.33. The van der Waals surface area contributed by atoms with Crippen LogP contribution >= 0.6 is 11.8 Å². The minimum atomic E-state index is -3.03. The van der Waals surface area contributed by atoms with Gasteiger partial charge < -0.3 is 10.4 Å². The molecule has 1 aliphatic rings. The molecule has 0 bridgehead atoms. The zero-order chi connectivity index (χ0) is 21.7. The van der Waals surface area contributed by atoms with E-state index < -0.39 is 29.3 Å². The van der Waals surface area contributed by atoms with Crippen LogP contribution in [0.2, 0.25) is 0 Å². The monoisotopic (exact) mass is 445 g/mol. The number of alkyl halides is 2. The molecule has 2 aromatic rings. The summed E-state index contributed by atoms with van der Waals surface area (Å²) in [6, 6.07) is 2.84. The lowest BCUT2D eigenvalue weighted by molar-refractivity contribution is -0.148. The van der Waals surface area contributed by atoms with E-state index >= 15 is 0 Å². The molecule has 3 rings (SSSR count). The second kappa shape index (κ2) is 9.45. The number of benzene rings is 1. The molecule has 0 saturated heterocycles. The molecule has 0 spiro atoms. The number of aromatic nitrogens is 2. The molecule has 9 nitrogen and oxygen atoms in total.